The average Bonchev–Trinajstić information content (AvgIpc) is 3.17. The van der Waals surface area contributed by atoms with Gasteiger partial charge in [-0.1, -0.05) is 54.6 Å². The van der Waals surface area contributed by atoms with Crippen molar-refractivity contribution >= 4 is 0 Å². The van der Waals surface area contributed by atoms with Crippen molar-refractivity contribution in [1.82, 2.24) is 15.1 Å². The molecule has 0 unspecified atom stereocenters. The molecule has 2 aromatic carbocycles. The Morgan fingerprint density at radius 3 is 2.48 bits per heavy atom. The Labute approximate surface area is 159 Å². The molecule has 1 N–H and O–H groups in total. The van der Waals surface area contributed by atoms with E-state index in [-0.39, 0.29) is 6.10 Å². The van der Waals surface area contributed by atoms with E-state index in [0.29, 0.717) is 19.8 Å². The average molecular weight is 363 g/mol. The molecule has 0 aliphatic carbocycles. The second kappa shape index (κ2) is 8.48. The largest absolute Gasteiger partial charge is 0.376 e. The summed E-state index contributed by atoms with van der Waals surface area (Å²) in [7, 11) is 2.10. The number of benzene rings is 2. The highest BCUT2D eigenvalue weighted by Gasteiger charge is 2.18. The van der Waals surface area contributed by atoms with Gasteiger partial charge >= 0.3 is 0 Å². The summed E-state index contributed by atoms with van der Waals surface area (Å²) in [5.41, 5.74) is 5.84. The number of aromatic nitrogens is 2. The van der Waals surface area contributed by atoms with Crippen molar-refractivity contribution in [2.75, 3.05) is 33.4 Å². The molecule has 1 aromatic heterocycles. The van der Waals surface area contributed by atoms with Crippen LogP contribution in [0.4, 0.5) is 0 Å². The van der Waals surface area contributed by atoms with Gasteiger partial charge in [-0.15, -0.1) is 0 Å². The van der Waals surface area contributed by atoms with Crippen LogP contribution in [0.15, 0.2) is 60.8 Å². The molecule has 27 heavy (non-hydrogen) atoms. The van der Waals surface area contributed by atoms with Crippen LogP contribution in [-0.2, 0) is 16.0 Å². The van der Waals surface area contributed by atoms with Gasteiger partial charge in [0.25, 0.3) is 0 Å². The van der Waals surface area contributed by atoms with Crippen molar-refractivity contribution < 1.29 is 9.47 Å². The Kier molecular flexibility index (Phi) is 5.63. The zero-order valence-corrected chi connectivity index (χ0v) is 15.6. The predicted molar refractivity (Wildman–Crippen MR) is 106 cm³/mol. The summed E-state index contributed by atoms with van der Waals surface area (Å²) in [6, 6.07) is 19.0. The number of rotatable bonds is 6. The van der Waals surface area contributed by atoms with E-state index in [9.17, 15) is 0 Å². The minimum Gasteiger partial charge on any atom is -0.376 e. The van der Waals surface area contributed by atoms with Gasteiger partial charge in [-0.3, -0.25) is 10.00 Å². The van der Waals surface area contributed by atoms with Crippen LogP contribution in [0.1, 0.15) is 5.56 Å². The van der Waals surface area contributed by atoms with Crippen molar-refractivity contribution in [2.45, 2.75) is 12.6 Å². The molecule has 0 amide bonds. The van der Waals surface area contributed by atoms with E-state index in [2.05, 4.69) is 70.7 Å². The molecule has 3 aromatic rings. The number of hydrogen-bond acceptors (Lipinski definition) is 4. The fourth-order valence-corrected chi connectivity index (χ4v) is 3.49. The van der Waals surface area contributed by atoms with E-state index in [0.717, 1.165) is 24.3 Å². The van der Waals surface area contributed by atoms with Crippen LogP contribution in [-0.4, -0.2) is 54.6 Å². The van der Waals surface area contributed by atoms with Gasteiger partial charge in [0.2, 0.25) is 0 Å². The second-order valence-electron chi connectivity index (χ2n) is 6.98. The molecule has 5 heteroatoms. The molecule has 1 saturated heterocycles. The molecule has 0 radical (unpaired) electrons. The lowest BCUT2D eigenvalue weighted by molar-refractivity contribution is -0.0962. The smallest absolute Gasteiger partial charge is 0.0936 e. The molecule has 1 fully saturated rings. The van der Waals surface area contributed by atoms with E-state index in [1.807, 2.05) is 12.3 Å². The SMILES string of the molecule is CN(Cc1cn[nH]c1-c1ccc(-c2ccccc2)cc1)C[C@H]1COCCO1. The Morgan fingerprint density at radius 2 is 1.74 bits per heavy atom. The zero-order chi connectivity index (χ0) is 18.5. The molecular formula is C22H25N3O2. The van der Waals surface area contributed by atoms with Crippen LogP contribution in [0, 0.1) is 0 Å². The summed E-state index contributed by atoms with van der Waals surface area (Å²) >= 11 is 0. The van der Waals surface area contributed by atoms with Crippen LogP contribution in [0.25, 0.3) is 22.4 Å². The van der Waals surface area contributed by atoms with Crippen molar-refractivity contribution in [1.29, 1.82) is 0 Å². The summed E-state index contributed by atoms with van der Waals surface area (Å²) in [5.74, 6) is 0. The lowest BCUT2D eigenvalue weighted by Gasteiger charge is -2.27. The van der Waals surface area contributed by atoms with Gasteiger partial charge in [0.05, 0.1) is 37.8 Å². The highest BCUT2D eigenvalue weighted by molar-refractivity contribution is 5.69. The summed E-state index contributed by atoms with van der Waals surface area (Å²) in [6.45, 7) is 3.71. The zero-order valence-electron chi connectivity index (χ0n) is 15.6. The van der Waals surface area contributed by atoms with Crippen LogP contribution in [0.3, 0.4) is 0 Å². The number of nitrogens with zero attached hydrogens (tertiary/aromatic N) is 2. The third-order valence-electron chi connectivity index (χ3n) is 4.84. The first-order valence-corrected chi connectivity index (χ1v) is 9.35. The minimum absolute atomic E-state index is 0.143. The highest BCUT2D eigenvalue weighted by Crippen LogP contribution is 2.26. The topological polar surface area (TPSA) is 50.4 Å². The molecule has 2 heterocycles. The number of aromatic amines is 1. The minimum atomic E-state index is 0.143. The van der Waals surface area contributed by atoms with Gasteiger partial charge in [0.1, 0.15) is 0 Å². The molecule has 0 spiro atoms. The van der Waals surface area contributed by atoms with Crippen molar-refractivity contribution in [3.8, 4) is 22.4 Å². The highest BCUT2D eigenvalue weighted by atomic mass is 16.6. The fraction of sp³-hybridized carbons (Fsp3) is 0.318. The molecule has 5 nitrogen and oxygen atoms in total. The third kappa shape index (κ3) is 4.45. The first-order valence-electron chi connectivity index (χ1n) is 9.35. The number of nitrogens with one attached hydrogen (secondary N) is 1. The number of H-pyrrole nitrogens is 1. The molecule has 1 aliphatic heterocycles. The van der Waals surface area contributed by atoms with Crippen molar-refractivity contribution in [3.63, 3.8) is 0 Å². The summed E-state index contributed by atoms with van der Waals surface area (Å²) in [5, 5.41) is 7.43. The predicted octanol–water partition coefficient (Wildman–Crippen LogP) is 3.59. The van der Waals surface area contributed by atoms with Gasteiger partial charge in [-0.25, -0.2) is 0 Å². The quantitative estimate of drug-likeness (QED) is 0.727. The maximum atomic E-state index is 5.75. The Morgan fingerprint density at radius 1 is 1.00 bits per heavy atom. The van der Waals surface area contributed by atoms with E-state index >= 15 is 0 Å². The monoisotopic (exact) mass is 363 g/mol. The Balaban J connectivity index is 1.45. The maximum absolute atomic E-state index is 5.75. The van der Waals surface area contributed by atoms with Gasteiger partial charge in [0, 0.05) is 18.7 Å². The van der Waals surface area contributed by atoms with Gasteiger partial charge in [-0.05, 0) is 23.7 Å². The van der Waals surface area contributed by atoms with Crippen LogP contribution in [0.2, 0.25) is 0 Å². The molecule has 1 aliphatic rings. The van der Waals surface area contributed by atoms with E-state index in [1.54, 1.807) is 0 Å². The second-order valence-corrected chi connectivity index (χ2v) is 6.98. The molecule has 0 saturated carbocycles. The van der Waals surface area contributed by atoms with Crippen LogP contribution < -0.4 is 0 Å². The lowest BCUT2D eigenvalue weighted by Crippen LogP contribution is -2.38. The number of ether oxygens (including phenoxy) is 2. The van der Waals surface area contributed by atoms with Crippen molar-refractivity contribution in [2.24, 2.45) is 0 Å². The molecule has 140 valence electrons. The molecule has 4 rings (SSSR count). The lowest BCUT2D eigenvalue weighted by atomic mass is 10.0. The number of hydrogen-bond donors (Lipinski definition) is 1. The normalized spacial score (nSPS) is 17.3. The molecule has 1 atom stereocenters. The van der Waals surface area contributed by atoms with E-state index in [1.165, 1.54) is 16.7 Å². The van der Waals surface area contributed by atoms with Gasteiger partial charge in [-0.2, -0.15) is 5.10 Å². The van der Waals surface area contributed by atoms with Gasteiger partial charge < -0.3 is 9.47 Å². The maximum Gasteiger partial charge on any atom is 0.0936 e. The fourth-order valence-electron chi connectivity index (χ4n) is 3.49. The van der Waals surface area contributed by atoms with E-state index < -0.39 is 0 Å². The van der Waals surface area contributed by atoms with E-state index in [4.69, 9.17) is 9.47 Å². The Hall–Kier alpha value is -2.47. The number of likely N-dealkylation sites (N-methyl/N-ethyl adjacent to an activating group) is 1. The standard InChI is InChI=1S/C22H25N3O2/c1-25(15-21-16-26-11-12-27-21)14-20-13-23-24-22(20)19-9-7-18(8-10-19)17-5-3-2-4-6-17/h2-10,13,21H,11-12,14-16H2,1H3,(H,23,24)/t21-/m0/s1. The van der Waals surface area contributed by atoms with Crippen molar-refractivity contribution in [3.05, 3.63) is 66.4 Å². The van der Waals surface area contributed by atoms with Crippen LogP contribution in [0.5, 0.6) is 0 Å². The first kappa shape index (κ1) is 17.9. The van der Waals surface area contributed by atoms with Gasteiger partial charge in [0.15, 0.2) is 0 Å². The molecular weight excluding hydrogens is 338 g/mol. The van der Waals surface area contributed by atoms with Crippen LogP contribution >= 0.6 is 0 Å². The summed E-state index contributed by atoms with van der Waals surface area (Å²) in [6.07, 6.45) is 2.05. The molecule has 0 bridgehead atoms. The Bertz CT molecular complexity index is 840. The summed E-state index contributed by atoms with van der Waals surface area (Å²) in [4.78, 5) is 2.26. The third-order valence-corrected chi connectivity index (χ3v) is 4.84. The summed E-state index contributed by atoms with van der Waals surface area (Å²) < 4.78 is 11.2. The first-order chi connectivity index (χ1) is 13.3.